The lowest BCUT2D eigenvalue weighted by atomic mass is 9.96. The molecule has 3 nitrogen and oxygen atoms in total. The third-order valence-electron chi connectivity index (χ3n) is 6.31. The van der Waals surface area contributed by atoms with E-state index in [1.54, 1.807) is 48.5 Å². The number of halogens is 3. The van der Waals surface area contributed by atoms with Crippen molar-refractivity contribution in [2.45, 2.75) is 32.2 Å². The molecule has 2 heterocycles. The molecule has 0 bridgehead atoms. The minimum atomic E-state index is -0.894. The van der Waals surface area contributed by atoms with Gasteiger partial charge in [-0.1, -0.05) is 48.5 Å². The molecule has 0 N–H and O–H groups in total. The van der Waals surface area contributed by atoms with Crippen LogP contribution in [0, 0.1) is 23.4 Å². The van der Waals surface area contributed by atoms with Gasteiger partial charge in [-0.2, -0.15) is 0 Å². The Labute approximate surface area is 191 Å². The van der Waals surface area contributed by atoms with Crippen LogP contribution in [0.4, 0.5) is 13.2 Å². The molecule has 2 saturated heterocycles. The lowest BCUT2D eigenvalue weighted by molar-refractivity contribution is -0.190. The first kappa shape index (κ1) is 22.1. The van der Waals surface area contributed by atoms with Crippen molar-refractivity contribution in [2.24, 2.45) is 5.92 Å². The van der Waals surface area contributed by atoms with E-state index in [0.717, 1.165) is 18.4 Å². The summed E-state index contributed by atoms with van der Waals surface area (Å²) in [5, 5.41) is 0. The molecule has 33 heavy (non-hydrogen) atoms. The van der Waals surface area contributed by atoms with E-state index in [0.29, 0.717) is 42.4 Å². The van der Waals surface area contributed by atoms with Gasteiger partial charge in [0, 0.05) is 22.6 Å². The Morgan fingerprint density at radius 3 is 2.03 bits per heavy atom. The van der Waals surface area contributed by atoms with Crippen LogP contribution < -0.4 is 0 Å². The summed E-state index contributed by atoms with van der Waals surface area (Å²) in [7, 11) is 0. The summed E-state index contributed by atoms with van der Waals surface area (Å²) in [6.45, 7) is 3.62. The smallest absolute Gasteiger partial charge is 0.167 e. The molecule has 172 valence electrons. The lowest BCUT2D eigenvalue weighted by Gasteiger charge is -2.27. The highest BCUT2D eigenvalue weighted by Crippen LogP contribution is 2.36. The molecule has 0 saturated carbocycles. The normalized spacial score (nSPS) is 22.4. The largest absolute Gasteiger partial charge is 0.368 e. The highest BCUT2D eigenvalue weighted by atomic mass is 19.2. The highest BCUT2D eigenvalue weighted by Gasteiger charge is 2.30. The van der Waals surface area contributed by atoms with Gasteiger partial charge in [-0.05, 0) is 42.5 Å². The number of hydrogen-bond donors (Lipinski definition) is 0. The van der Waals surface area contributed by atoms with Crippen LogP contribution in [0.2, 0.25) is 0 Å². The quantitative estimate of drug-likeness (QED) is 0.401. The van der Waals surface area contributed by atoms with E-state index in [1.165, 1.54) is 0 Å². The van der Waals surface area contributed by atoms with Crippen molar-refractivity contribution >= 4 is 0 Å². The van der Waals surface area contributed by atoms with Gasteiger partial charge in [-0.25, -0.2) is 13.2 Å². The zero-order valence-corrected chi connectivity index (χ0v) is 18.3. The van der Waals surface area contributed by atoms with Crippen LogP contribution in [0.5, 0.6) is 0 Å². The molecule has 0 aromatic heterocycles. The third kappa shape index (κ3) is 4.83. The highest BCUT2D eigenvalue weighted by molar-refractivity contribution is 5.71. The van der Waals surface area contributed by atoms with E-state index in [1.807, 2.05) is 13.0 Å². The Hall–Kier alpha value is -2.67. The molecule has 2 aliphatic heterocycles. The van der Waals surface area contributed by atoms with Gasteiger partial charge in [0.1, 0.15) is 11.9 Å². The van der Waals surface area contributed by atoms with Crippen LogP contribution in [0.15, 0.2) is 54.6 Å². The fraction of sp³-hybridized carbons (Fsp3) is 0.333. The molecule has 2 fully saturated rings. The summed E-state index contributed by atoms with van der Waals surface area (Å²) in [6.07, 6.45) is 1.11. The Balaban J connectivity index is 1.28. The Kier molecular flexibility index (Phi) is 6.23. The molecule has 3 aromatic rings. The van der Waals surface area contributed by atoms with E-state index >= 15 is 0 Å². The molecule has 1 atom stereocenters. The average molecular weight is 454 g/mol. The first-order valence-corrected chi connectivity index (χ1v) is 11.2. The fourth-order valence-corrected chi connectivity index (χ4v) is 4.22. The van der Waals surface area contributed by atoms with Crippen molar-refractivity contribution in [1.29, 1.82) is 0 Å². The van der Waals surface area contributed by atoms with Gasteiger partial charge in [0.15, 0.2) is 17.9 Å². The first-order valence-electron chi connectivity index (χ1n) is 11.2. The van der Waals surface area contributed by atoms with Crippen LogP contribution in [0.25, 0.3) is 22.3 Å². The van der Waals surface area contributed by atoms with Crippen LogP contribution in [-0.4, -0.2) is 26.1 Å². The molecule has 0 amide bonds. The number of ether oxygens (including phenoxy) is 3. The van der Waals surface area contributed by atoms with E-state index in [9.17, 15) is 13.2 Å². The second kappa shape index (κ2) is 9.29. The van der Waals surface area contributed by atoms with Crippen LogP contribution in [-0.2, 0) is 20.6 Å². The molecule has 3 aromatic carbocycles. The zero-order valence-electron chi connectivity index (χ0n) is 18.3. The number of epoxide rings is 1. The summed E-state index contributed by atoms with van der Waals surface area (Å²) in [5.74, 6) is -1.76. The molecule has 0 radical (unpaired) electrons. The molecule has 6 heteroatoms. The maximum Gasteiger partial charge on any atom is 0.167 e. The summed E-state index contributed by atoms with van der Waals surface area (Å²) in [5.41, 5.74) is 3.01. The molecular formula is C27H25F3O3. The fourth-order valence-electron chi connectivity index (χ4n) is 4.22. The maximum absolute atomic E-state index is 14.8. The number of aryl methyl sites for hydroxylation is 1. The van der Waals surface area contributed by atoms with Crippen LogP contribution in [0.1, 0.15) is 30.6 Å². The van der Waals surface area contributed by atoms with Crippen LogP contribution in [0.3, 0.4) is 0 Å². The summed E-state index contributed by atoms with van der Waals surface area (Å²) >= 11 is 0. The van der Waals surface area contributed by atoms with E-state index < -0.39 is 11.6 Å². The summed E-state index contributed by atoms with van der Waals surface area (Å²) < 4.78 is 59.9. The predicted octanol–water partition coefficient (Wildman–Crippen LogP) is 6.45. The molecule has 5 rings (SSSR count). The van der Waals surface area contributed by atoms with Gasteiger partial charge in [0.2, 0.25) is 0 Å². The molecule has 2 aliphatic rings. The molecular weight excluding hydrogens is 429 g/mol. The van der Waals surface area contributed by atoms with E-state index in [-0.39, 0.29) is 29.3 Å². The SMILES string of the molecule is CC1OCC(CCc2ccc(-c3ccc(-c4ccc(C5CO5)c(F)c4F)cc3)c(F)c2)CO1. The number of rotatable bonds is 6. The van der Waals surface area contributed by atoms with Gasteiger partial charge >= 0.3 is 0 Å². The van der Waals surface area contributed by atoms with E-state index in [2.05, 4.69) is 0 Å². The van der Waals surface area contributed by atoms with Crippen LogP contribution >= 0.6 is 0 Å². The van der Waals surface area contributed by atoms with Crippen molar-refractivity contribution in [3.8, 4) is 22.3 Å². The third-order valence-corrected chi connectivity index (χ3v) is 6.31. The second-order valence-corrected chi connectivity index (χ2v) is 8.68. The topological polar surface area (TPSA) is 31.0 Å². The summed E-state index contributed by atoms with van der Waals surface area (Å²) in [4.78, 5) is 0. The lowest BCUT2D eigenvalue weighted by Crippen LogP contribution is -2.30. The van der Waals surface area contributed by atoms with Crippen molar-refractivity contribution < 1.29 is 27.4 Å². The van der Waals surface area contributed by atoms with Gasteiger partial charge in [0.05, 0.1) is 19.8 Å². The van der Waals surface area contributed by atoms with Crippen molar-refractivity contribution in [2.75, 3.05) is 19.8 Å². The van der Waals surface area contributed by atoms with Crippen molar-refractivity contribution in [3.63, 3.8) is 0 Å². The Morgan fingerprint density at radius 2 is 1.39 bits per heavy atom. The predicted molar refractivity (Wildman–Crippen MR) is 119 cm³/mol. The van der Waals surface area contributed by atoms with Gasteiger partial charge in [0.25, 0.3) is 0 Å². The number of hydrogen-bond acceptors (Lipinski definition) is 3. The average Bonchev–Trinajstić information content (AvgIpc) is 3.66. The maximum atomic E-state index is 14.8. The Bertz CT molecular complexity index is 1130. The summed E-state index contributed by atoms with van der Waals surface area (Å²) in [6, 6.07) is 15.2. The molecule has 1 unspecified atom stereocenters. The zero-order chi connectivity index (χ0) is 22.9. The second-order valence-electron chi connectivity index (χ2n) is 8.68. The van der Waals surface area contributed by atoms with Crippen molar-refractivity contribution in [3.05, 3.63) is 83.2 Å². The number of benzene rings is 3. The molecule has 0 spiro atoms. The van der Waals surface area contributed by atoms with Crippen molar-refractivity contribution in [1.82, 2.24) is 0 Å². The standard InChI is InChI=1S/C27H25F3O3/c1-16-31-13-18(14-32-16)3-2-17-4-9-21(24(28)12-17)19-5-7-20(8-6-19)22-10-11-23(25-15-33-25)27(30)26(22)29/h4-12,16,18,25H,2-3,13-15H2,1H3. The Morgan fingerprint density at radius 1 is 0.758 bits per heavy atom. The van der Waals surface area contributed by atoms with Gasteiger partial charge in [-0.15, -0.1) is 0 Å². The molecule has 0 aliphatic carbocycles. The van der Waals surface area contributed by atoms with Gasteiger partial charge < -0.3 is 14.2 Å². The van der Waals surface area contributed by atoms with E-state index in [4.69, 9.17) is 14.2 Å². The monoisotopic (exact) mass is 454 g/mol. The minimum Gasteiger partial charge on any atom is -0.368 e. The van der Waals surface area contributed by atoms with Gasteiger partial charge in [-0.3, -0.25) is 0 Å². The minimum absolute atomic E-state index is 0.156. The first-order chi connectivity index (χ1) is 16.0.